The van der Waals surface area contributed by atoms with Crippen LogP contribution < -0.4 is 43.5 Å². The molecule has 1 aliphatic heterocycles. The van der Waals surface area contributed by atoms with Crippen molar-refractivity contribution in [2.24, 2.45) is 0 Å². The van der Waals surface area contributed by atoms with Gasteiger partial charge in [0.15, 0.2) is 10.9 Å². The van der Waals surface area contributed by atoms with Crippen LogP contribution in [0.3, 0.4) is 0 Å². The molecule has 1 saturated heterocycles. The molecule has 1 atom stereocenters. The van der Waals surface area contributed by atoms with E-state index in [0.717, 1.165) is 41.7 Å². The maximum atomic E-state index is 12.6. The summed E-state index contributed by atoms with van der Waals surface area (Å²) in [4.78, 5) is 61.7. The third kappa shape index (κ3) is 19.8. The number of carboxylic acid groups (broad SMARTS) is 3. The van der Waals surface area contributed by atoms with Crippen LogP contribution >= 0.6 is 19.5 Å². The van der Waals surface area contributed by atoms with Crippen LogP contribution in [0.2, 0.25) is 0 Å². The topological polar surface area (TPSA) is 181 Å². The summed E-state index contributed by atoms with van der Waals surface area (Å²) in [5.74, 6) is -4.38. The van der Waals surface area contributed by atoms with Gasteiger partial charge in [-0.15, -0.1) is 0 Å². The van der Waals surface area contributed by atoms with Gasteiger partial charge in [-0.25, -0.2) is 9.68 Å². The molecule has 365 valence electrons. The number of thiocarbonyl (C=S) groups is 1. The summed E-state index contributed by atoms with van der Waals surface area (Å²) in [5, 5.41) is 39.9. The van der Waals surface area contributed by atoms with Crippen molar-refractivity contribution in [1.29, 1.82) is 0 Å². The first-order valence-corrected chi connectivity index (χ1v) is 24.9. The van der Waals surface area contributed by atoms with E-state index in [4.69, 9.17) is 22.0 Å². The minimum absolute atomic E-state index is 0. The second-order valence-electron chi connectivity index (χ2n) is 16.6. The third-order valence-electron chi connectivity index (χ3n) is 11.4. The van der Waals surface area contributed by atoms with E-state index in [9.17, 15) is 34.5 Å². The summed E-state index contributed by atoms with van der Waals surface area (Å²) in [6.07, 6.45) is 10.8. The fourth-order valence-electron chi connectivity index (χ4n) is 8.45. The van der Waals surface area contributed by atoms with Crippen molar-refractivity contribution in [3.8, 4) is 0 Å². The normalized spacial score (nSPS) is 14.6. The number of hydrogen-bond acceptors (Lipinski definition) is 10. The van der Waals surface area contributed by atoms with Gasteiger partial charge in [-0.1, -0.05) is 105 Å². The SMILES string of the molecule is C=C1CN(CC(=O)O)C(Cc2ccc(NC(=S)NCCCCCCCCCC[P+](c3ccccc3)(c3ccccc3)c3ccccc3)cc2)CN(CN(CC(=O)O)CC(=O)O)CC(=O)OO1.[Br-].[Gd+3]. The van der Waals surface area contributed by atoms with E-state index in [1.807, 2.05) is 24.3 Å². The minimum Gasteiger partial charge on any atom is -1.00 e. The molecule has 1 heterocycles. The largest absolute Gasteiger partial charge is 3.00 e. The Labute approximate surface area is 448 Å². The van der Waals surface area contributed by atoms with E-state index >= 15 is 0 Å². The Morgan fingerprint density at radius 1 is 0.706 bits per heavy atom. The number of nitrogens with zero attached hydrogens (tertiary/aromatic N) is 3. The number of halogens is 1. The summed E-state index contributed by atoms with van der Waals surface area (Å²) >= 11 is 5.58. The average molecular weight is 1180 g/mol. The zero-order chi connectivity index (χ0) is 47.2. The van der Waals surface area contributed by atoms with Crippen molar-refractivity contribution in [3.05, 3.63) is 133 Å². The number of rotatable bonds is 25. The van der Waals surface area contributed by atoms with Gasteiger partial charge >= 0.3 is 63.8 Å². The molecular formula is C50H63BrGdN5O9PS+3. The second kappa shape index (κ2) is 31.4. The van der Waals surface area contributed by atoms with Crippen molar-refractivity contribution >= 4 is 70.1 Å². The van der Waals surface area contributed by atoms with Gasteiger partial charge in [0.1, 0.15) is 29.7 Å². The fourth-order valence-corrected chi connectivity index (χ4v) is 13.1. The first kappa shape index (κ1) is 58.4. The fraction of sp³-hybridized carbons (Fsp3) is 0.380. The number of carbonyl (C=O) groups excluding carboxylic acids is 1. The molecule has 4 aromatic carbocycles. The summed E-state index contributed by atoms with van der Waals surface area (Å²) in [7, 11) is -1.78. The molecule has 0 spiro atoms. The van der Waals surface area contributed by atoms with Crippen LogP contribution in [0, 0.1) is 39.9 Å². The molecule has 4 aromatic rings. The maximum Gasteiger partial charge on any atom is 3.00 e. The van der Waals surface area contributed by atoms with Gasteiger partial charge in [-0.05, 0) is 92.0 Å². The van der Waals surface area contributed by atoms with Crippen LogP contribution in [0.15, 0.2) is 128 Å². The van der Waals surface area contributed by atoms with Gasteiger partial charge in [-0.3, -0.25) is 34.0 Å². The Kier molecular flexibility index (Phi) is 26.9. The molecule has 18 heteroatoms. The first-order valence-electron chi connectivity index (χ1n) is 22.5. The predicted octanol–water partition coefficient (Wildman–Crippen LogP) is 3.12. The average Bonchev–Trinajstić information content (AvgIpc) is 3.29. The Balaban J connectivity index is 0.00000612. The number of nitrogens with one attached hydrogen (secondary N) is 2. The van der Waals surface area contributed by atoms with Crippen molar-refractivity contribution < 1.29 is 101 Å². The van der Waals surface area contributed by atoms with Gasteiger partial charge < -0.3 is 42.9 Å². The summed E-state index contributed by atoms with van der Waals surface area (Å²) in [5.41, 5.74) is 1.62. The van der Waals surface area contributed by atoms with Gasteiger partial charge in [0.05, 0.1) is 39.0 Å². The van der Waals surface area contributed by atoms with E-state index in [2.05, 4.69) is 108 Å². The molecule has 1 radical (unpaired) electrons. The van der Waals surface area contributed by atoms with Crippen molar-refractivity contribution in [2.75, 3.05) is 64.0 Å². The molecule has 5 N–H and O–H groups in total. The summed E-state index contributed by atoms with van der Waals surface area (Å²) < 4.78 is 0. The molecule has 0 aliphatic carbocycles. The van der Waals surface area contributed by atoms with Crippen LogP contribution in [0.1, 0.15) is 56.9 Å². The number of carboxylic acids is 3. The third-order valence-corrected chi connectivity index (χ3v) is 16.2. The van der Waals surface area contributed by atoms with Crippen molar-refractivity contribution in [2.45, 2.75) is 63.8 Å². The Hall–Kier alpha value is -3.90. The van der Waals surface area contributed by atoms with E-state index < -0.39 is 56.8 Å². The monoisotopic (exact) mass is 1180 g/mol. The van der Waals surface area contributed by atoms with Crippen LogP contribution in [-0.4, -0.2) is 124 Å². The number of carbonyl (C=O) groups is 4. The van der Waals surface area contributed by atoms with Crippen LogP contribution in [0.25, 0.3) is 0 Å². The Morgan fingerprint density at radius 2 is 1.21 bits per heavy atom. The van der Waals surface area contributed by atoms with E-state index in [0.29, 0.717) is 11.5 Å². The molecule has 68 heavy (non-hydrogen) atoms. The quantitative estimate of drug-likeness (QED) is 0.0283. The zero-order valence-corrected chi connectivity index (χ0v) is 43.8. The van der Waals surface area contributed by atoms with E-state index in [1.165, 1.54) is 59.3 Å². The number of aliphatic carboxylic acids is 3. The summed E-state index contributed by atoms with van der Waals surface area (Å²) in [6, 6.07) is 40.3. The van der Waals surface area contributed by atoms with Gasteiger partial charge in [-0.2, -0.15) is 0 Å². The molecule has 1 aliphatic rings. The molecule has 0 saturated carbocycles. The number of unbranched alkanes of at least 4 members (excludes halogenated alkanes) is 7. The molecule has 0 amide bonds. The number of benzene rings is 4. The van der Waals surface area contributed by atoms with Crippen molar-refractivity contribution in [3.63, 3.8) is 0 Å². The van der Waals surface area contributed by atoms with Crippen molar-refractivity contribution in [1.82, 2.24) is 20.0 Å². The zero-order valence-electron chi connectivity index (χ0n) is 38.2. The smallest absolute Gasteiger partial charge is 1.00 e. The standard InChI is InChI=1S/C50H62N5O9PS.BrH.Gd/c1-39-32-55(36-48(60)61)42(33-53(37-49(62)64-63-39)38-54(34-46(56)57)35-47(58)59)31-40-25-27-41(28-26-40)52-50(66)51-29-17-6-4-2-3-5-7-18-30-65(43-19-11-8-12-20-43,44-21-13-9-14-22-44)45-23-15-10-16-24-45;;/h8-16,19-28,42H,1-7,17-18,29-38H2,(H4-,51,52,56,57,58,59,60,61,66);1H;/q;;+3. The molecule has 1 unspecified atom stereocenters. The Bertz CT molecular complexity index is 2070. The minimum atomic E-state index is -1.78. The predicted molar refractivity (Wildman–Crippen MR) is 264 cm³/mol. The Morgan fingerprint density at radius 3 is 1.71 bits per heavy atom. The molecule has 0 aromatic heterocycles. The van der Waals surface area contributed by atoms with Gasteiger partial charge in [0, 0.05) is 24.8 Å². The van der Waals surface area contributed by atoms with Gasteiger partial charge in [0.2, 0.25) is 0 Å². The van der Waals surface area contributed by atoms with Crippen LogP contribution in [0.4, 0.5) is 5.69 Å². The van der Waals surface area contributed by atoms with Crippen LogP contribution in [-0.2, 0) is 35.4 Å². The summed E-state index contributed by atoms with van der Waals surface area (Å²) in [6.45, 7) is 2.33. The number of anilines is 1. The molecule has 1 fully saturated rings. The van der Waals surface area contributed by atoms with Gasteiger partial charge in [0.25, 0.3) is 0 Å². The molecule has 5 rings (SSSR count). The molecule has 0 bridgehead atoms. The maximum absolute atomic E-state index is 12.6. The van der Waals surface area contributed by atoms with E-state index in [1.54, 1.807) is 4.90 Å². The second-order valence-corrected chi connectivity index (χ2v) is 20.6. The molecule has 14 nitrogen and oxygen atoms in total. The first-order chi connectivity index (χ1) is 31.9. The number of hydrogen-bond donors (Lipinski definition) is 5. The van der Waals surface area contributed by atoms with E-state index in [-0.39, 0.29) is 89.0 Å². The van der Waals surface area contributed by atoms with Crippen LogP contribution in [0.5, 0.6) is 0 Å². The molecular weight excluding hydrogens is 1110 g/mol.